The number of nitrogens with zero attached hydrogens (tertiary/aromatic N) is 2. The maximum Gasteiger partial charge on any atom is 0.272 e. The highest BCUT2D eigenvalue weighted by Gasteiger charge is 2.08. The molecule has 0 atom stereocenters. The quantitative estimate of drug-likeness (QED) is 0.410. The molecule has 0 unspecified atom stereocenters. The molecule has 0 fully saturated rings. The molecule has 0 aliphatic carbocycles. The number of fused-ring (bicyclic) bond motifs is 1. The smallest absolute Gasteiger partial charge is 0.267 e. The van der Waals surface area contributed by atoms with Crippen LogP contribution in [0.2, 0.25) is 5.15 Å². The van der Waals surface area contributed by atoms with Crippen molar-refractivity contribution in [3.63, 3.8) is 0 Å². The summed E-state index contributed by atoms with van der Waals surface area (Å²) in [5.74, 6) is -0.307. The molecule has 1 heterocycles. The summed E-state index contributed by atoms with van der Waals surface area (Å²) < 4.78 is 0.707. The molecule has 0 aliphatic heterocycles. The molecule has 0 bridgehead atoms. The zero-order valence-corrected chi connectivity index (χ0v) is 14.2. The first-order chi connectivity index (χ1) is 11.1. The second kappa shape index (κ2) is 6.89. The lowest BCUT2D eigenvalue weighted by molar-refractivity contribution is 0.0954. The molecule has 23 heavy (non-hydrogen) atoms. The molecular weight excluding hydrogens is 378 g/mol. The molecule has 1 amide bonds. The van der Waals surface area contributed by atoms with E-state index >= 15 is 0 Å². The number of para-hydroxylation sites is 1. The normalized spacial score (nSPS) is 11.0. The number of hydrogen-bond donors (Lipinski definition) is 1. The van der Waals surface area contributed by atoms with Crippen molar-refractivity contribution in [2.24, 2.45) is 5.10 Å². The number of amides is 1. The van der Waals surface area contributed by atoms with Gasteiger partial charge in [-0.05, 0) is 40.2 Å². The molecule has 2 aromatic carbocycles. The number of hydrazone groups is 1. The Bertz CT molecular complexity index is 911. The lowest BCUT2D eigenvalue weighted by Crippen LogP contribution is -2.18. The number of halogens is 2. The lowest BCUT2D eigenvalue weighted by Gasteiger charge is -2.03. The van der Waals surface area contributed by atoms with Crippen molar-refractivity contribution in [3.8, 4) is 0 Å². The maximum absolute atomic E-state index is 12.0. The Balaban J connectivity index is 1.79. The fourth-order valence-electron chi connectivity index (χ4n) is 2.07. The summed E-state index contributed by atoms with van der Waals surface area (Å²) in [6.07, 6.45) is 1.48. The third-order valence-corrected chi connectivity index (χ3v) is 4.19. The number of carbonyl (C=O) groups excluding carboxylic acids is 1. The van der Waals surface area contributed by atoms with Gasteiger partial charge in [0.05, 0.1) is 17.3 Å². The molecule has 0 radical (unpaired) electrons. The summed E-state index contributed by atoms with van der Waals surface area (Å²) in [6.45, 7) is 0. The third-order valence-electron chi connectivity index (χ3n) is 3.19. The van der Waals surface area contributed by atoms with Gasteiger partial charge in [0.25, 0.3) is 5.91 Å². The Kier molecular flexibility index (Phi) is 4.69. The van der Waals surface area contributed by atoms with Crippen LogP contribution < -0.4 is 5.43 Å². The van der Waals surface area contributed by atoms with Gasteiger partial charge in [-0.15, -0.1) is 0 Å². The zero-order chi connectivity index (χ0) is 16.2. The van der Waals surface area contributed by atoms with Crippen molar-refractivity contribution in [2.45, 2.75) is 0 Å². The first-order valence-electron chi connectivity index (χ1n) is 6.78. The number of benzene rings is 2. The van der Waals surface area contributed by atoms with Crippen molar-refractivity contribution in [2.75, 3.05) is 0 Å². The summed E-state index contributed by atoms with van der Waals surface area (Å²) >= 11 is 9.47. The van der Waals surface area contributed by atoms with E-state index in [1.54, 1.807) is 18.2 Å². The highest BCUT2D eigenvalue weighted by molar-refractivity contribution is 9.10. The SMILES string of the molecule is O=C(N/N=C\c1cc2ccccc2nc1Cl)c1ccccc1Br. The average molecular weight is 389 g/mol. The first-order valence-corrected chi connectivity index (χ1v) is 7.95. The van der Waals surface area contributed by atoms with E-state index in [0.717, 1.165) is 10.9 Å². The van der Waals surface area contributed by atoms with Gasteiger partial charge in [-0.25, -0.2) is 10.4 Å². The predicted octanol–water partition coefficient (Wildman–Crippen LogP) is 4.41. The lowest BCUT2D eigenvalue weighted by atomic mass is 10.2. The van der Waals surface area contributed by atoms with E-state index in [2.05, 4.69) is 31.4 Å². The standard InChI is InChI=1S/C17H11BrClN3O/c18-14-7-3-2-6-13(14)17(23)22-20-10-12-9-11-5-1-4-8-15(11)21-16(12)19/h1-10H,(H,22,23)/b20-10-. The van der Waals surface area contributed by atoms with Crippen LogP contribution in [0.4, 0.5) is 0 Å². The number of carbonyl (C=O) groups is 1. The van der Waals surface area contributed by atoms with Crippen LogP contribution in [0.5, 0.6) is 0 Å². The van der Waals surface area contributed by atoms with Gasteiger partial charge in [0.1, 0.15) is 5.15 Å². The van der Waals surface area contributed by atoms with Crippen molar-refractivity contribution in [1.29, 1.82) is 0 Å². The highest BCUT2D eigenvalue weighted by atomic mass is 79.9. The molecule has 0 saturated heterocycles. The van der Waals surface area contributed by atoms with Crippen LogP contribution in [0, 0.1) is 0 Å². The Hall–Kier alpha value is -2.24. The number of rotatable bonds is 3. The Morgan fingerprint density at radius 2 is 1.91 bits per heavy atom. The largest absolute Gasteiger partial charge is 0.272 e. The van der Waals surface area contributed by atoms with Crippen molar-refractivity contribution >= 4 is 50.6 Å². The number of nitrogens with one attached hydrogen (secondary N) is 1. The van der Waals surface area contributed by atoms with Crippen LogP contribution in [0.1, 0.15) is 15.9 Å². The van der Waals surface area contributed by atoms with Gasteiger partial charge in [-0.2, -0.15) is 5.10 Å². The predicted molar refractivity (Wildman–Crippen MR) is 96.0 cm³/mol. The minimum absolute atomic E-state index is 0.307. The molecule has 4 nitrogen and oxygen atoms in total. The van der Waals surface area contributed by atoms with E-state index in [4.69, 9.17) is 11.6 Å². The van der Waals surface area contributed by atoms with Gasteiger partial charge in [-0.3, -0.25) is 4.79 Å². The second-order valence-corrected chi connectivity index (χ2v) is 5.95. The summed E-state index contributed by atoms with van der Waals surface area (Å²) in [7, 11) is 0. The first kappa shape index (κ1) is 15.6. The van der Waals surface area contributed by atoms with E-state index in [9.17, 15) is 4.79 Å². The van der Waals surface area contributed by atoms with Crippen LogP contribution in [0.25, 0.3) is 10.9 Å². The van der Waals surface area contributed by atoms with Crippen molar-refractivity contribution in [3.05, 3.63) is 75.4 Å². The van der Waals surface area contributed by atoms with Crippen LogP contribution >= 0.6 is 27.5 Å². The molecular formula is C17H11BrClN3O. The minimum Gasteiger partial charge on any atom is -0.267 e. The number of hydrogen-bond acceptors (Lipinski definition) is 3. The van der Waals surface area contributed by atoms with E-state index in [1.165, 1.54) is 6.21 Å². The van der Waals surface area contributed by atoms with E-state index in [-0.39, 0.29) is 5.91 Å². The topological polar surface area (TPSA) is 54.4 Å². The Labute approximate surface area is 146 Å². The van der Waals surface area contributed by atoms with Gasteiger partial charge in [-0.1, -0.05) is 41.9 Å². The highest BCUT2D eigenvalue weighted by Crippen LogP contribution is 2.19. The number of pyridine rings is 1. The summed E-state index contributed by atoms with van der Waals surface area (Å²) in [4.78, 5) is 16.3. The van der Waals surface area contributed by atoms with Gasteiger partial charge >= 0.3 is 0 Å². The second-order valence-electron chi connectivity index (χ2n) is 4.74. The van der Waals surface area contributed by atoms with Crippen LogP contribution in [0.3, 0.4) is 0 Å². The third kappa shape index (κ3) is 3.57. The van der Waals surface area contributed by atoms with Crippen LogP contribution in [-0.4, -0.2) is 17.1 Å². The minimum atomic E-state index is -0.307. The monoisotopic (exact) mass is 387 g/mol. The number of aromatic nitrogens is 1. The molecule has 1 aromatic heterocycles. The van der Waals surface area contributed by atoms with Gasteiger partial charge in [0.15, 0.2) is 0 Å². The Morgan fingerprint density at radius 3 is 2.74 bits per heavy atom. The summed E-state index contributed by atoms with van der Waals surface area (Å²) in [5.41, 5.74) is 4.43. The van der Waals surface area contributed by atoms with Crippen LogP contribution in [-0.2, 0) is 0 Å². The van der Waals surface area contributed by atoms with Gasteiger partial charge in [0, 0.05) is 15.4 Å². The van der Waals surface area contributed by atoms with Gasteiger partial charge < -0.3 is 0 Å². The summed E-state index contributed by atoms with van der Waals surface area (Å²) in [6, 6.07) is 16.6. The van der Waals surface area contributed by atoms with E-state index in [0.29, 0.717) is 20.8 Å². The molecule has 0 saturated carbocycles. The average Bonchev–Trinajstić information content (AvgIpc) is 2.55. The molecule has 114 valence electrons. The van der Waals surface area contributed by atoms with Gasteiger partial charge in [0.2, 0.25) is 0 Å². The molecule has 3 aromatic rings. The molecule has 0 aliphatic rings. The fourth-order valence-corrected chi connectivity index (χ4v) is 2.72. The van der Waals surface area contributed by atoms with Crippen LogP contribution in [0.15, 0.2) is 64.2 Å². The molecule has 1 N–H and O–H groups in total. The Morgan fingerprint density at radius 1 is 1.17 bits per heavy atom. The maximum atomic E-state index is 12.0. The summed E-state index contributed by atoms with van der Waals surface area (Å²) in [5, 5.41) is 5.25. The van der Waals surface area contributed by atoms with E-state index in [1.807, 2.05) is 36.4 Å². The molecule has 6 heteroatoms. The zero-order valence-electron chi connectivity index (χ0n) is 11.8. The molecule has 0 spiro atoms. The molecule has 3 rings (SSSR count). The van der Waals surface area contributed by atoms with E-state index < -0.39 is 0 Å². The fraction of sp³-hybridized carbons (Fsp3) is 0. The van der Waals surface area contributed by atoms with Crippen molar-refractivity contribution < 1.29 is 4.79 Å². The van der Waals surface area contributed by atoms with Crippen molar-refractivity contribution in [1.82, 2.24) is 10.4 Å².